The van der Waals surface area contributed by atoms with E-state index in [1.54, 1.807) is 32.5 Å². The summed E-state index contributed by atoms with van der Waals surface area (Å²) in [5.74, 6) is 1.35. The number of hydrogen-bond acceptors (Lipinski definition) is 5. The lowest BCUT2D eigenvalue weighted by Crippen LogP contribution is -2.45. The molecule has 6 heteroatoms. The first-order valence-corrected chi connectivity index (χ1v) is 8.26. The number of nitrogens with one attached hydrogen (secondary N) is 2. The zero-order chi connectivity index (χ0) is 15.6. The highest BCUT2D eigenvalue weighted by Gasteiger charge is 2.23. The average molecular weight is 304 g/mol. The molecule has 0 rings (SSSR count). The minimum atomic E-state index is -0.558. The molecule has 0 saturated carbocycles. The lowest BCUT2D eigenvalue weighted by atomic mass is 10.1. The SMILES string of the molecule is CCNCCC(NC(=O)OC(C)(C)C)C(=O)CSCC. The van der Waals surface area contributed by atoms with E-state index in [0.717, 1.165) is 12.3 Å². The Labute approximate surface area is 126 Å². The van der Waals surface area contributed by atoms with Crippen LogP contribution < -0.4 is 10.6 Å². The topological polar surface area (TPSA) is 67.4 Å². The standard InChI is InChI=1S/C14H28N2O3S/c1-6-15-9-8-11(12(17)10-20-7-2)16-13(18)19-14(3,4)5/h11,15H,6-10H2,1-5H3,(H,16,18). The molecule has 5 nitrogen and oxygen atoms in total. The van der Waals surface area contributed by atoms with Crippen molar-refractivity contribution in [2.45, 2.75) is 52.7 Å². The van der Waals surface area contributed by atoms with Gasteiger partial charge in [-0.25, -0.2) is 4.79 Å². The molecule has 2 N–H and O–H groups in total. The summed E-state index contributed by atoms with van der Waals surface area (Å²) in [6.45, 7) is 11.0. The maximum atomic E-state index is 12.1. The predicted octanol–water partition coefficient (Wildman–Crippen LogP) is 2.20. The van der Waals surface area contributed by atoms with E-state index in [1.165, 1.54) is 0 Å². The summed E-state index contributed by atoms with van der Waals surface area (Å²) >= 11 is 1.56. The number of ether oxygens (including phenoxy) is 1. The van der Waals surface area contributed by atoms with Gasteiger partial charge in [0.2, 0.25) is 0 Å². The number of Topliss-reactive ketones (excluding diaryl/α,β-unsaturated/α-hetero) is 1. The van der Waals surface area contributed by atoms with Crippen molar-refractivity contribution in [2.24, 2.45) is 0 Å². The Hall–Kier alpha value is -0.750. The van der Waals surface area contributed by atoms with Crippen molar-refractivity contribution in [2.75, 3.05) is 24.6 Å². The predicted molar refractivity (Wildman–Crippen MR) is 84.3 cm³/mol. The highest BCUT2D eigenvalue weighted by atomic mass is 32.2. The summed E-state index contributed by atoms with van der Waals surface area (Å²) in [7, 11) is 0. The quantitative estimate of drug-likeness (QED) is 0.639. The lowest BCUT2D eigenvalue weighted by Gasteiger charge is -2.23. The van der Waals surface area contributed by atoms with Gasteiger partial charge in [-0.3, -0.25) is 4.79 Å². The van der Waals surface area contributed by atoms with Crippen molar-refractivity contribution in [1.29, 1.82) is 0 Å². The van der Waals surface area contributed by atoms with Gasteiger partial charge in [0.05, 0.1) is 11.8 Å². The van der Waals surface area contributed by atoms with E-state index in [-0.39, 0.29) is 5.78 Å². The maximum absolute atomic E-state index is 12.1. The van der Waals surface area contributed by atoms with Crippen LogP contribution in [0.1, 0.15) is 41.0 Å². The van der Waals surface area contributed by atoms with Gasteiger partial charge in [0.1, 0.15) is 5.60 Å². The Bertz CT molecular complexity index is 303. The summed E-state index contributed by atoms with van der Waals surface area (Å²) < 4.78 is 5.20. The molecule has 1 amide bonds. The third-order valence-electron chi connectivity index (χ3n) is 2.39. The minimum Gasteiger partial charge on any atom is -0.444 e. The second kappa shape index (κ2) is 10.0. The van der Waals surface area contributed by atoms with Crippen LogP contribution in [0.2, 0.25) is 0 Å². The van der Waals surface area contributed by atoms with Crippen LogP contribution in [-0.4, -0.2) is 48.1 Å². The number of carbonyl (C=O) groups is 2. The minimum absolute atomic E-state index is 0.0422. The second-order valence-corrected chi connectivity index (χ2v) is 6.72. The van der Waals surface area contributed by atoms with Crippen LogP contribution >= 0.6 is 11.8 Å². The van der Waals surface area contributed by atoms with E-state index >= 15 is 0 Å². The zero-order valence-electron chi connectivity index (χ0n) is 13.2. The molecule has 0 radical (unpaired) electrons. The smallest absolute Gasteiger partial charge is 0.408 e. The number of thioether (sulfide) groups is 1. The summed E-state index contributed by atoms with van der Waals surface area (Å²) in [4.78, 5) is 23.8. The fourth-order valence-electron chi connectivity index (χ4n) is 1.49. The fourth-order valence-corrected chi connectivity index (χ4v) is 2.10. The fraction of sp³-hybridized carbons (Fsp3) is 0.857. The summed E-state index contributed by atoms with van der Waals surface area (Å²) in [6, 6.07) is -0.483. The number of carbonyl (C=O) groups excluding carboxylic acids is 2. The number of amides is 1. The number of hydrogen-bond donors (Lipinski definition) is 2. The lowest BCUT2D eigenvalue weighted by molar-refractivity contribution is -0.118. The van der Waals surface area contributed by atoms with Crippen LogP contribution in [0.3, 0.4) is 0 Å². The summed E-state index contributed by atoms with van der Waals surface area (Å²) in [5.41, 5.74) is -0.558. The van der Waals surface area contributed by atoms with Gasteiger partial charge in [0.15, 0.2) is 5.78 Å². The molecule has 0 saturated heterocycles. The first-order valence-electron chi connectivity index (χ1n) is 7.10. The van der Waals surface area contributed by atoms with Gasteiger partial charge in [-0.05, 0) is 46.0 Å². The molecule has 118 valence electrons. The molecule has 0 aromatic carbocycles. The first-order chi connectivity index (χ1) is 9.30. The molecule has 1 unspecified atom stereocenters. The average Bonchev–Trinajstić information content (AvgIpc) is 2.32. The van der Waals surface area contributed by atoms with Crippen LogP contribution in [0.5, 0.6) is 0 Å². The van der Waals surface area contributed by atoms with Crippen molar-refractivity contribution < 1.29 is 14.3 Å². The van der Waals surface area contributed by atoms with Crippen molar-refractivity contribution in [3.05, 3.63) is 0 Å². The zero-order valence-corrected chi connectivity index (χ0v) is 14.1. The van der Waals surface area contributed by atoms with Gasteiger partial charge >= 0.3 is 6.09 Å². The summed E-state index contributed by atoms with van der Waals surface area (Å²) in [5, 5.41) is 5.84. The molecule has 20 heavy (non-hydrogen) atoms. The van der Waals surface area contributed by atoms with Gasteiger partial charge < -0.3 is 15.4 Å². The van der Waals surface area contributed by atoms with Crippen LogP contribution in [0.4, 0.5) is 4.79 Å². The van der Waals surface area contributed by atoms with E-state index < -0.39 is 17.7 Å². The Morgan fingerprint density at radius 3 is 2.40 bits per heavy atom. The molecule has 0 heterocycles. The van der Waals surface area contributed by atoms with Gasteiger partial charge in [-0.2, -0.15) is 11.8 Å². The van der Waals surface area contributed by atoms with Crippen molar-refractivity contribution in [3.8, 4) is 0 Å². The monoisotopic (exact) mass is 304 g/mol. The normalized spacial score (nSPS) is 12.8. The van der Waals surface area contributed by atoms with Crippen molar-refractivity contribution >= 4 is 23.6 Å². The molecule has 0 aromatic heterocycles. The van der Waals surface area contributed by atoms with E-state index in [0.29, 0.717) is 18.7 Å². The first kappa shape index (κ1) is 19.2. The molecule has 0 aliphatic carbocycles. The van der Waals surface area contributed by atoms with Gasteiger partial charge in [0, 0.05) is 0 Å². The Kier molecular flexibility index (Phi) is 9.67. The molecule has 0 aliphatic rings. The third kappa shape index (κ3) is 10.1. The van der Waals surface area contributed by atoms with Crippen LogP contribution in [0.25, 0.3) is 0 Å². The largest absolute Gasteiger partial charge is 0.444 e. The molecule has 1 atom stereocenters. The second-order valence-electron chi connectivity index (χ2n) is 5.44. The highest BCUT2D eigenvalue weighted by Crippen LogP contribution is 2.08. The van der Waals surface area contributed by atoms with E-state index in [2.05, 4.69) is 10.6 Å². The van der Waals surface area contributed by atoms with Gasteiger partial charge in [0.25, 0.3) is 0 Å². The van der Waals surface area contributed by atoms with Crippen molar-refractivity contribution in [3.63, 3.8) is 0 Å². The van der Waals surface area contributed by atoms with Gasteiger partial charge in [-0.15, -0.1) is 0 Å². The van der Waals surface area contributed by atoms with Crippen molar-refractivity contribution in [1.82, 2.24) is 10.6 Å². The molecular formula is C14H28N2O3S. The molecule has 0 aromatic rings. The van der Waals surface area contributed by atoms with E-state index in [4.69, 9.17) is 4.74 Å². The summed E-state index contributed by atoms with van der Waals surface area (Å²) in [6.07, 6.45) is 0.0461. The number of ketones is 1. The number of rotatable bonds is 9. The maximum Gasteiger partial charge on any atom is 0.408 e. The molecule has 0 fully saturated rings. The van der Waals surface area contributed by atoms with Crippen LogP contribution in [-0.2, 0) is 9.53 Å². The Morgan fingerprint density at radius 2 is 1.90 bits per heavy atom. The van der Waals surface area contributed by atoms with Crippen LogP contribution in [0, 0.1) is 0 Å². The molecule has 0 bridgehead atoms. The molecular weight excluding hydrogens is 276 g/mol. The van der Waals surface area contributed by atoms with Crippen LogP contribution in [0.15, 0.2) is 0 Å². The van der Waals surface area contributed by atoms with E-state index in [9.17, 15) is 9.59 Å². The van der Waals surface area contributed by atoms with E-state index in [1.807, 2.05) is 13.8 Å². The number of alkyl carbamates (subject to hydrolysis) is 1. The molecule has 0 aliphatic heterocycles. The third-order valence-corrected chi connectivity index (χ3v) is 3.28. The van der Waals surface area contributed by atoms with Gasteiger partial charge in [-0.1, -0.05) is 13.8 Å². The highest BCUT2D eigenvalue weighted by molar-refractivity contribution is 7.99. The Balaban J connectivity index is 4.43. The molecule has 0 spiro atoms. The Morgan fingerprint density at radius 1 is 1.25 bits per heavy atom.